The Labute approximate surface area is 127 Å². The molecule has 0 bridgehead atoms. The first kappa shape index (κ1) is 14.9. The summed E-state index contributed by atoms with van der Waals surface area (Å²) in [6.45, 7) is 2.11. The topological polar surface area (TPSA) is 87.5 Å². The molecule has 6 nitrogen and oxygen atoms in total. The largest absolute Gasteiger partial charge is 0.336 e. The Kier molecular flexibility index (Phi) is 4.08. The number of nitrogens with zero attached hydrogens (tertiary/aromatic N) is 1. The third-order valence-corrected chi connectivity index (χ3v) is 4.27. The second-order valence-corrected chi connectivity index (χ2v) is 5.76. The maximum Gasteiger partial charge on any atom is 0.229 e. The van der Waals surface area contributed by atoms with Crippen molar-refractivity contribution >= 4 is 17.5 Å². The van der Waals surface area contributed by atoms with Gasteiger partial charge in [0.2, 0.25) is 11.8 Å². The molecule has 3 rings (SSSR count). The zero-order chi connectivity index (χ0) is 15.7. The number of rotatable bonds is 4. The molecule has 2 aliphatic rings. The number of nitrogens with two attached hydrogens (primary N) is 1. The first-order valence-corrected chi connectivity index (χ1v) is 7.38. The highest BCUT2D eigenvalue weighted by Gasteiger charge is 2.39. The molecule has 1 aromatic carbocycles. The van der Waals surface area contributed by atoms with Crippen LogP contribution < -0.4 is 16.4 Å². The van der Waals surface area contributed by atoms with Crippen molar-refractivity contribution in [2.75, 3.05) is 25.0 Å². The molecule has 0 aliphatic carbocycles. The summed E-state index contributed by atoms with van der Waals surface area (Å²) in [5.74, 6) is -1.06. The van der Waals surface area contributed by atoms with Gasteiger partial charge < -0.3 is 21.3 Å². The minimum Gasteiger partial charge on any atom is -0.336 e. The van der Waals surface area contributed by atoms with Gasteiger partial charge in [-0.1, -0.05) is 6.07 Å². The highest BCUT2D eigenvalue weighted by Crippen LogP contribution is 2.23. The maximum absolute atomic E-state index is 13.7. The van der Waals surface area contributed by atoms with Crippen LogP contribution in [0.5, 0.6) is 0 Å². The predicted molar refractivity (Wildman–Crippen MR) is 79.4 cm³/mol. The number of likely N-dealkylation sites (tertiary alicyclic amines) is 1. The Bertz CT molecular complexity index is 603. The van der Waals surface area contributed by atoms with Gasteiger partial charge in [-0.3, -0.25) is 9.59 Å². The second kappa shape index (κ2) is 6.02. The summed E-state index contributed by atoms with van der Waals surface area (Å²) in [6.07, 6.45) is 0.214. The van der Waals surface area contributed by atoms with Gasteiger partial charge in [-0.15, -0.1) is 0 Å². The lowest BCUT2D eigenvalue weighted by molar-refractivity contribution is -0.130. The molecule has 118 valence electrons. The standard InChI is InChI=1S/C15H19FN4O2/c16-13-4-11(2-1-9(13)5-17)19-15(22)10-3-14(21)20(8-10)12-6-18-7-12/h1-2,4,10,12,18H,3,5-8,17H2,(H,19,22). The average molecular weight is 306 g/mol. The minimum absolute atomic E-state index is 0.0105. The van der Waals surface area contributed by atoms with Gasteiger partial charge in [-0.2, -0.15) is 0 Å². The van der Waals surface area contributed by atoms with Crippen LogP contribution in [0.3, 0.4) is 0 Å². The molecule has 1 aromatic rings. The van der Waals surface area contributed by atoms with Gasteiger partial charge in [0.1, 0.15) is 5.82 Å². The Morgan fingerprint density at radius 3 is 2.82 bits per heavy atom. The van der Waals surface area contributed by atoms with E-state index in [-0.39, 0.29) is 36.7 Å². The summed E-state index contributed by atoms with van der Waals surface area (Å²) in [7, 11) is 0. The molecule has 7 heteroatoms. The third-order valence-electron chi connectivity index (χ3n) is 4.27. The summed E-state index contributed by atoms with van der Waals surface area (Å²) < 4.78 is 13.7. The van der Waals surface area contributed by atoms with Gasteiger partial charge in [0.15, 0.2) is 0 Å². The molecule has 0 spiro atoms. The summed E-state index contributed by atoms with van der Waals surface area (Å²) in [5.41, 5.74) is 6.19. The lowest BCUT2D eigenvalue weighted by Crippen LogP contribution is -2.57. The van der Waals surface area contributed by atoms with E-state index in [0.717, 1.165) is 13.1 Å². The average Bonchev–Trinajstić information content (AvgIpc) is 2.79. The van der Waals surface area contributed by atoms with Gasteiger partial charge in [-0.05, 0) is 12.1 Å². The minimum atomic E-state index is -0.440. The fourth-order valence-corrected chi connectivity index (χ4v) is 2.79. The van der Waals surface area contributed by atoms with Crippen molar-refractivity contribution < 1.29 is 14.0 Å². The van der Waals surface area contributed by atoms with Crippen LogP contribution in [-0.4, -0.2) is 42.4 Å². The molecular formula is C15H19FN4O2. The first-order valence-electron chi connectivity index (χ1n) is 7.38. The lowest BCUT2D eigenvalue weighted by atomic mass is 10.1. The molecule has 1 unspecified atom stereocenters. The van der Waals surface area contributed by atoms with Gasteiger partial charge in [-0.25, -0.2) is 4.39 Å². The quantitative estimate of drug-likeness (QED) is 0.733. The van der Waals surface area contributed by atoms with Crippen molar-refractivity contribution in [2.24, 2.45) is 11.7 Å². The number of amides is 2. The van der Waals surface area contributed by atoms with Gasteiger partial charge in [0, 0.05) is 43.9 Å². The summed E-state index contributed by atoms with van der Waals surface area (Å²) >= 11 is 0. The SMILES string of the molecule is NCc1ccc(NC(=O)C2CC(=O)N(C3CNC3)C2)cc1F. The number of carbonyl (C=O) groups excluding carboxylic acids is 2. The van der Waals surface area contributed by atoms with Crippen LogP contribution in [0.25, 0.3) is 0 Å². The molecule has 1 atom stereocenters. The van der Waals surface area contributed by atoms with Crippen molar-refractivity contribution in [3.63, 3.8) is 0 Å². The van der Waals surface area contributed by atoms with Gasteiger partial charge >= 0.3 is 0 Å². The zero-order valence-corrected chi connectivity index (χ0v) is 12.1. The molecule has 0 aromatic heterocycles. The van der Waals surface area contributed by atoms with E-state index in [1.165, 1.54) is 6.07 Å². The Morgan fingerprint density at radius 1 is 1.45 bits per heavy atom. The number of anilines is 1. The number of nitrogens with one attached hydrogen (secondary N) is 2. The van der Waals surface area contributed by atoms with E-state index < -0.39 is 5.82 Å². The molecule has 2 heterocycles. The van der Waals surface area contributed by atoms with Crippen molar-refractivity contribution in [1.82, 2.24) is 10.2 Å². The molecule has 2 aliphatic heterocycles. The van der Waals surface area contributed by atoms with Gasteiger partial charge in [0.05, 0.1) is 12.0 Å². The molecule has 0 radical (unpaired) electrons. The maximum atomic E-state index is 13.7. The van der Waals surface area contributed by atoms with Crippen LogP contribution in [0, 0.1) is 11.7 Å². The van der Waals surface area contributed by atoms with Crippen LogP contribution in [0.15, 0.2) is 18.2 Å². The van der Waals surface area contributed by atoms with E-state index in [1.807, 2.05) is 0 Å². The van der Waals surface area contributed by atoms with E-state index in [2.05, 4.69) is 10.6 Å². The van der Waals surface area contributed by atoms with Crippen molar-refractivity contribution in [1.29, 1.82) is 0 Å². The lowest BCUT2D eigenvalue weighted by Gasteiger charge is -2.35. The number of carbonyl (C=O) groups is 2. The smallest absolute Gasteiger partial charge is 0.229 e. The molecule has 2 fully saturated rings. The fraction of sp³-hybridized carbons (Fsp3) is 0.467. The number of hydrogen-bond donors (Lipinski definition) is 3. The van der Waals surface area contributed by atoms with E-state index in [9.17, 15) is 14.0 Å². The molecular weight excluding hydrogens is 287 g/mol. The summed E-state index contributed by atoms with van der Waals surface area (Å²) in [5, 5.41) is 5.79. The first-order chi connectivity index (χ1) is 10.6. The van der Waals surface area contributed by atoms with E-state index in [4.69, 9.17) is 5.73 Å². The normalized spacial score (nSPS) is 21.8. The predicted octanol–water partition coefficient (Wildman–Crippen LogP) is 0.0432. The van der Waals surface area contributed by atoms with Crippen LogP contribution in [-0.2, 0) is 16.1 Å². The van der Waals surface area contributed by atoms with Crippen molar-refractivity contribution in [2.45, 2.75) is 19.0 Å². The van der Waals surface area contributed by atoms with Crippen molar-refractivity contribution in [3.8, 4) is 0 Å². The van der Waals surface area contributed by atoms with E-state index in [1.54, 1.807) is 17.0 Å². The van der Waals surface area contributed by atoms with E-state index >= 15 is 0 Å². The molecule has 0 saturated carbocycles. The van der Waals surface area contributed by atoms with Gasteiger partial charge in [0.25, 0.3) is 0 Å². The molecule has 2 amide bonds. The monoisotopic (exact) mass is 306 g/mol. The number of benzene rings is 1. The van der Waals surface area contributed by atoms with Crippen LogP contribution in [0.4, 0.5) is 10.1 Å². The Hall–Kier alpha value is -1.99. The second-order valence-electron chi connectivity index (χ2n) is 5.76. The Balaban J connectivity index is 1.62. The van der Waals surface area contributed by atoms with Crippen LogP contribution in [0.1, 0.15) is 12.0 Å². The highest BCUT2D eigenvalue weighted by molar-refractivity contribution is 5.97. The Morgan fingerprint density at radius 2 is 2.23 bits per heavy atom. The van der Waals surface area contributed by atoms with Crippen molar-refractivity contribution in [3.05, 3.63) is 29.6 Å². The number of halogens is 1. The van der Waals surface area contributed by atoms with Crippen LogP contribution >= 0.6 is 0 Å². The number of hydrogen-bond acceptors (Lipinski definition) is 4. The zero-order valence-electron chi connectivity index (χ0n) is 12.1. The third kappa shape index (κ3) is 2.82. The molecule has 22 heavy (non-hydrogen) atoms. The molecule has 2 saturated heterocycles. The highest BCUT2D eigenvalue weighted by atomic mass is 19.1. The molecule has 4 N–H and O–H groups in total. The summed E-state index contributed by atoms with van der Waals surface area (Å²) in [6, 6.07) is 4.63. The van der Waals surface area contributed by atoms with E-state index in [0.29, 0.717) is 17.8 Å². The fourth-order valence-electron chi connectivity index (χ4n) is 2.79. The summed E-state index contributed by atoms with van der Waals surface area (Å²) in [4.78, 5) is 26.0. The van der Waals surface area contributed by atoms with Crippen LogP contribution in [0.2, 0.25) is 0 Å².